The molecule has 4 nitrogen and oxygen atoms in total. The van der Waals surface area contributed by atoms with Crippen molar-refractivity contribution in [2.24, 2.45) is 0 Å². The van der Waals surface area contributed by atoms with Crippen molar-refractivity contribution in [1.29, 1.82) is 5.26 Å². The van der Waals surface area contributed by atoms with Gasteiger partial charge in [-0.3, -0.25) is 0 Å². The first-order valence-electron chi connectivity index (χ1n) is 7.45. The van der Waals surface area contributed by atoms with E-state index in [0.717, 1.165) is 11.1 Å². The Morgan fingerprint density at radius 2 is 2.04 bits per heavy atom. The summed E-state index contributed by atoms with van der Waals surface area (Å²) < 4.78 is 18.4. The van der Waals surface area contributed by atoms with Crippen molar-refractivity contribution in [2.45, 2.75) is 13.0 Å². The lowest BCUT2D eigenvalue weighted by atomic mass is 10.0. The van der Waals surface area contributed by atoms with Crippen LogP contribution >= 0.6 is 0 Å². The van der Waals surface area contributed by atoms with E-state index in [2.05, 4.69) is 5.32 Å². The molecule has 0 saturated carbocycles. The van der Waals surface area contributed by atoms with Crippen LogP contribution in [0.25, 0.3) is 6.08 Å². The molecule has 2 rings (SSSR count). The van der Waals surface area contributed by atoms with Crippen LogP contribution in [0.5, 0.6) is 0 Å². The van der Waals surface area contributed by atoms with Gasteiger partial charge in [-0.15, -0.1) is 0 Å². The number of hydrogen-bond donors (Lipinski definition) is 1. The molecule has 0 aromatic heterocycles. The predicted octanol–water partition coefficient (Wildman–Crippen LogP) is 3.83. The number of carbonyl (C=O) groups excluding carboxylic acids is 1. The molecule has 0 radical (unpaired) electrons. The molecule has 0 heterocycles. The van der Waals surface area contributed by atoms with Crippen molar-refractivity contribution in [2.75, 3.05) is 6.54 Å². The maximum atomic E-state index is 13.3. The Balaban J connectivity index is 1.81. The largest absolute Gasteiger partial charge is 0.445 e. The molecular formula is C19H17FN2O2. The lowest BCUT2D eigenvalue weighted by molar-refractivity contribution is 0.141. The van der Waals surface area contributed by atoms with Gasteiger partial charge in [-0.25, -0.2) is 9.18 Å². The minimum atomic E-state index is -0.528. The predicted molar refractivity (Wildman–Crippen MR) is 89.4 cm³/mol. The number of nitrogens with zero attached hydrogens (tertiary/aromatic N) is 1. The SMILES string of the molecule is N#CCc1ccc(F)cc1C=CCNC(=O)OCc1ccccc1. The summed E-state index contributed by atoms with van der Waals surface area (Å²) in [4.78, 5) is 11.6. The quantitative estimate of drug-likeness (QED) is 0.878. The van der Waals surface area contributed by atoms with Gasteiger partial charge in [0, 0.05) is 6.54 Å². The molecule has 0 aliphatic rings. The highest BCUT2D eigenvalue weighted by Crippen LogP contribution is 2.13. The van der Waals surface area contributed by atoms with E-state index in [9.17, 15) is 9.18 Å². The highest BCUT2D eigenvalue weighted by atomic mass is 19.1. The second-order valence-corrected chi connectivity index (χ2v) is 5.02. The smallest absolute Gasteiger partial charge is 0.407 e. The highest BCUT2D eigenvalue weighted by molar-refractivity contribution is 5.67. The lowest BCUT2D eigenvalue weighted by Crippen LogP contribution is -2.24. The number of halogens is 1. The number of ether oxygens (including phenoxy) is 1. The molecule has 1 amide bonds. The highest BCUT2D eigenvalue weighted by Gasteiger charge is 2.02. The molecule has 2 aromatic carbocycles. The summed E-state index contributed by atoms with van der Waals surface area (Å²) >= 11 is 0. The minimum absolute atomic E-state index is 0.201. The van der Waals surface area contributed by atoms with Crippen molar-refractivity contribution in [1.82, 2.24) is 5.32 Å². The fraction of sp³-hybridized carbons (Fsp3) is 0.158. The summed E-state index contributed by atoms with van der Waals surface area (Å²) in [5, 5.41) is 11.4. The van der Waals surface area contributed by atoms with Gasteiger partial charge in [0.15, 0.2) is 0 Å². The number of alkyl carbamates (subject to hydrolysis) is 1. The van der Waals surface area contributed by atoms with Crippen LogP contribution in [0, 0.1) is 17.1 Å². The molecule has 24 heavy (non-hydrogen) atoms. The molecule has 122 valence electrons. The summed E-state index contributed by atoms with van der Waals surface area (Å²) in [6, 6.07) is 15.7. The van der Waals surface area contributed by atoms with Crippen LogP contribution in [0.1, 0.15) is 16.7 Å². The summed E-state index contributed by atoms with van der Waals surface area (Å²) in [5.74, 6) is -0.369. The number of benzene rings is 2. The van der Waals surface area contributed by atoms with E-state index in [1.807, 2.05) is 36.4 Å². The van der Waals surface area contributed by atoms with Gasteiger partial charge in [-0.05, 0) is 28.8 Å². The molecule has 0 bridgehead atoms. The fourth-order valence-electron chi connectivity index (χ4n) is 2.07. The van der Waals surface area contributed by atoms with E-state index in [0.29, 0.717) is 5.56 Å². The van der Waals surface area contributed by atoms with E-state index in [1.54, 1.807) is 18.2 Å². The summed E-state index contributed by atoms with van der Waals surface area (Å²) in [6.45, 7) is 0.447. The first kappa shape index (κ1) is 17.2. The van der Waals surface area contributed by atoms with Crippen molar-refractivity contribution in [3.05, 3.63) is 77.1 Å². The number of nitrogens with one attached hydrogen (secondary N) is 1. The number of amides is 1. The molecule has 5 heteroatoms. The van der Waals surface area contributed by atoms with Crippen molar-refractivity contribution in [3.63, 3.8) is 0 Å². The lowest BCUT2D eigenvalue weighted by Gasteiger charge is -2.05. The molecule has 0 saturated heterocycles. The monoisotopic (exact) mass is 324 g/mol. The first-order chi connectivity index (χ1) is 11.7. The standard InChI is InChI=1S/C19H17FN2O2/c20-18-9-8-16(10-11-21)17(13-18)7-4-12-22-19(23)24-14-15-5-2-1-3-6-15/h1-9,13H,10,12,14H2,(H,22,23). The Bertz CT molecular complexity index is 752. The van der Waals surface area contributed by atoms with Gasteiger partial charge in [-0.1, -0.05) is 48.6 Å². The number of nitriles is 1. The Morgan fingerprint density at radius 1 is 1.25 bits per heavy atom. The molecule has 0 aliphatic heterocycles. The second kappa shape index (κ2) is 9.11. The van der Waals surface area contributed by atoms with Crippen LogP contribution in [0.3, 0.4) is 0 Å². The van der Waals surface area contributed by atoms with Crippen LogP contribution in [0.4, 0.5) is 9.18 Å². The summed E-state index contributed by atoms with van der Waals surface area (Å²) in [7, 11) is 0. The average Bonchev–Trinajstić information content (AvgIpc) is 2.60. The molecular weight excluding hydrogens is 307 g/mol. The normalized spacial score (nSPS) is 10.3. The Kier molecular flexibility index (Phi) is 6.54. The molecule has 0 spiro atoms. The molecule has 0 aliphatic carbocycles. The molecule has 1 N–H and O–H groups in total. The topological polar surface area (TPSA) is 62.1 Å². The maximum absolute atomic E-state index is 13.3. The Morgan fingerprint density at radius 3 is 2.79 bits per heavy atom. The van der Waals surface area contributed by atoms with E-state index in [1.165, 1.54) is 12.1 Å². The minimum Gasteiger partial charge on any atom is -0.445 e. The van der Waals surface area contributed by atoms with Gasteiger partial charge in [0.2, 0.25) is 0 Å². The third-order valence-electron chi connectivity index (χ3n) is 3.25. The first-order valence-corrected chi connectivity index (χ1v) is 7.45. The van der Waals surface area contributed by atoms with Crippen molar-refractivity contribution >= 4 is 12.2 Å². The Hall–Kier alpha value is -3.13. The molecule has 2 aromatic rings. The zero-order chi connectivity index (χ0) is 17.2. The van der Waals surface area contributed by atoms with Crippen LogP contribution in [0.2, 0.25) is 0 Å². The van der Waals surface area contributed by atoms with Gasteiger partial charge >= 0.3 is 6.09 Å². The zero-order valence-electron chi connectivity index (χ0n) is 13.0. The average molecular weight is 324 g/mol. The van der Waals surface area contributed by atoms with Crippen LogP contribution in [0.15, 0.2) is 54.6 Å². The van der Waals surface area contributed by atoms with Crippen LogP contribution in [-0.4, -0.2) is 12.6 Å². The van der Waals surface area contributed by atoms with Gasteiger partial charge in [-0.2, -0.15) is 5.26 Å². The molecule has 0 fully saturated rings. The van der Waals surface area contributed by atoms with Crippen LogP contribution in [-0.2, 0) is 17.8 Å². The zero-order valence-corrected chi connectivity index (χ0v) is 13.0. The maximum Gasteiger partial charge on any atom is 0.407 e. The van der Waals surface area contributed by atoms with Gasteiger partial charge < -0.3 is 10.1 Å². The Labute approximate surface area is 140 Å². The number of hydrogen-bond acceptors (Lipinski definition) is 3. The third-order valence-corrected chi connectivity index (χ3v) is 3.25. The third kappa shape index (κ3) is 5.58. The number of carbonyl (C=O) groups is 1. The van der Waals surface area contributed by atoms with E-state index >= 15 is 0 Å². The molecule has 0 atom stereocenters. The van der Waals surface area contributed by atoms with E-state index in [4.69, 9.17) is 10.00 Å². The van der Waals surface area contributed by atoms with Gasteiger partial charge in [0.1, 0.15) is 12.4 Å². The van der Waals surface area contributed by atoms with Crippen molar-refractivity contribution in [3.8, 4) is 6.07 Å². The second-order valence-electron chi connectivity index (χ2n) is 5.02. The summed E-state index contributed by atoms with van der Waals surface area (Å²) in [5.41, 5.74) is 2.27. The van der Waals surface area contributed by atoms with Gasteiger partial charge in [0.25, 0.3) is 0 Å². The number of rotatable bonds is 6. The van der Waals surface area contributed by atoms with E-state index in [-0.39, 0.29) is 25.4 Å². The summed E-state index contributed by atoms with van der Waals surface area (Å²) in [6.07, 6.45) is 3.03. The van der Waals surface area contributed by atoms with Gasteiger partial charge in [0.05, 0.1) is 12.5 Å². The van der Waals surface area contributed by atoms with Crippen LogP contribution < -0.4 is 5.32 Å². The van der Waals surface area contributed by atoms with Crippen molar-refractivity contribution < 1.29 is 13.9 Å². The fourth-order valence-corrected chi connectivity index (χ4v) is 2.07. The van der Waals surface area contributed by atoms with E-state index < -0.39 is 6.09 Å². The molecule has 0 unspecified atom stereocenters.